The van der Waals surface area contributed by atoms with E-state index < -0.39 is 5.60 Å². The molecule has 3 heteroatoms. The number of rotatable bonds is 7. The molecule has 19 heavy (non-hydrogen) atoms. The number of ether oxygens (including phenoxy) is 2. The molecule has 0 fully saturated rings. The van der Waals surface area contributed by atoms with Crippen LogP contribution in [-0.4, -0.2) is 11.9 Å². The van der Waals surface area contributed by atoms with Crippen molar-refractivity contribution in [2.45, 2.75) is 58.0 Å². The van der Waals surface area contributed by atoms with Crippen molar-refractivity contribution in [2.24, 2.45) is 0 Å². The van der Waals surface area contributed by atoms with Crippen molar-refractivity contribution in [2.75, 3.05) is 6.79 Å². The molecule has 1 N–H and O–H groups in total. The largest absolute Gasteiger partial charge is 0.454 e. The minimum Gasteiger partial charge on any atom is -0.454 e. The van der Waals surface area contributed by atoms with E-state index in [-0.39, 0.29) is 6.79 Å². The van der Waals surface area contributed by atoms with Crippen LogP contribution in [-0.2, 0) is 5.60 Å². The third kappa shape index (κ3) is 3.21. The molecule has 0 spiro atoms. The topological polar surface area (TPSA) is 38.7 Å². The molecule has 1 aliphatic heterocycles. The van der Waals surface area contributed by atoms with E-state index >= 15 is 0 Å². The van der Waals surface area contributed by atoms with Crippen molar-refractivity contribution in [1.29, 1.82) is 0 Å². The number of hydrogen-bond acceptors (Lipinski definition) is 3. The molecule has 1 heterocycles. The summed E-state index contributed by atoms with van der Waals surface area (Å²) in [6.45, 7) is 4.58. The van der Waals surface area contributed by atoms with Gasteiger partial charge in [-0.15, -0.1) is 0 Å². The average molecular weight is 264 g/mol. The minimum absolute atomic E-state index is 0.279. The zero-order valence-corrected chi connectivity index (χ0v) is 11.9. The predicted molar refractivity (Wildman–Crippen MR) is 75.5 cm³/mol. The molecule has 3 nitrogen and oxygen atoms in total. The maximum absolute atomic E-state index is 11.0. The molecule has 2 rings (SSSR count). The maximum Gasteiger partial charge on any atom is 0.231 e. The van der Waals surface area contributed by atoms with E-state index in [2.05, 4.69) is 13.8 Å². The van der Waals surface area contributed by atoms with Crippen molar-refractivity contribution in [3.05, 3.63) is 23.8 Å². The Hall–Kier alpha value is -1.22. The molecular formula is C16H24O3. The molecular weight excluding hydrogens is 240 g/mol. The van der Waals surface area contributed by atoms with Crippen LogP contribution in [0.4, 0.5) is 0 Å². The van der Waals surface area contributed by atoms with Crippen molar-refractivity contribution in [1.82, 2.24) is 0 Å². The zero-order valence-electron chi connectivity index (χ0n) is 11.9. The van der Waals surface area contributed by atoms with Crippen LogP contribution in [0.1, 0.15) is 57.9 Å². The lowest BCUT2D eigenvalue weighted by Gasteiger charge is -2.29. The van der Waals surface area contributed by atoms with Gasteiger partial charge >= 0.3 is 0 Å². The summed E-state index contributed by atoms with van der Waals surface area (Å²) in [6, 6.07) is 5.81. The van der Waals surface area contributed by atoms with Gasteiger partial charge in [-0.1, -0.05) is 45.6 Å². The van der Waals surface area contributed by atoms with E-state index in [0.29, 0.717) is 0 Å². The number of aliphatic hydroxyl groups is 1. The highest BCUT2D eigenvalue weighted by Crippen LogP contribution is 2.39. The third-order valence-corrected chi connectivity index (χ3v) is 3.80. The Morgan fingerprint density at radius 1 is 1.05 bits per heavy atom. The van der Waals surface area contributed by atoms with Crippen molar-refractivity contribution < 1.29 is 14.6 Å². The number of hydrogen-bond donors (Lipinski definition) is 1. The second-order valence-corrected chi connectivity index (χ2v) is 5.31. The number of fused-ring (bicyclic) bond motifs is 1. The summed E-state index contributed by atoms with van der Waals surface area (Å²) in [6.07, 6.45) is 5.88. The summed E-state index contributed by atoms with van der Waals surface area (Å²) in [5, 5.41) is 11.0. The van der Waals surface area contributed by atoms with Gasteiger partial charge in [-0.3, -0.25) is 0 Å². The van der Waals surface area contributed by atoms with Gasteiger partial charge in [0.05, 0.1) is 5.60 Å². The molecule has 106 valence electrons. The molecule has 0 atom stereocenters. The van der Waals surface area contributed by atoms with Gasteiger partial charge in [0.25, 0.3) is 0 Å². The summed E-state index contributed by atoms with van der Waals surface area (Å²) >= 11 is 0. The van der Waals surface area contributed by atoms with E-state index in [0.717, 1.165) is 55.6 Å². The summed E-state index contributed by atoms with van der Waals surface area (Å²) < 4.78 is 10.7. The summed E-state index contributed by atoms with van der Waals surface area (Å²) in [5.74, 6) is 1.53. The normalized spacial score (nSPS) is 13.8. The van der Waals surface area contributed by atoms with Gasteiger partial charge in [-0.25, -0.2) is 0 Å². The van der Waals surface area contributed by atoms with Gasteiger partial charge < -0.3 is 14.6 Å². The van der Waals surface area contributed by atoms with Crippen LogP contribution in [0.5, 0.6) is 11.5 Å². The molecule has 0 saturated carbocycles. The highest BCUT2D eigenvalue weighted by Gasteiger charge is 2.29. The SMILES string of the molecule is CCCCC(O)(CCCC)c1ccc2c(c1)OCO2. The first-order valence-corrected chi connectivity index (χ1v) is 7.32. The smallest absolute Gasteiger partial charge is 0.231 e. The lowest BCUT2D eigenvalue weighted by atomic mass is 9.84. The lowest BCUT2D eigenvalue weighted by molar-refractivity contribution is 0.0140. The first kappa shape index (κ1) is 14.2. The Labute approximate surface area is 115 Å². The van der Waals surface area contributed by atoms with Gasteiger partial charge in [0.2, 0.25) is 6.79 Å². The Morgan fingerprint density at radius 2 is 1.68 bits per heavy atom. The summed E-state index contributed by atoms with van der Waals surface area (Å²) in [5.41, 5.74) is 0.228. The molecule has 0 amide bonds. The second kappa shape index (κ2) is 6.29. The van der Waals surface area contributed by atoms with Crippen LogP contribution in [0.3, 0.4) is 0 Å². The van der Waals surface area contributed by atoms with E-state index in [1.165, 1.54) is 0 Å². The highest BCUT2D eigenvalue weighted by atomic mass is 16.7. The van der Waals surface area contributed by atoms with Gasteiger partial charge in [-0.05, 0) is 30.5 Å². The van der Waals surface area contributed by atoms with E-state index in [1.54, 1.807) is 0 Å². The van der Waals surface area contributed by atoms with Gasteiger partial charge in [0.1, 0.15) is 0 Å². The predicted octanol–water partition coefficient (Wildman–Crippen LogP) is 3.98. The van der Waals surface area contributed by atoms with Gasteiger partial charge in [-0.2, -0.15) is 0 Å². The Balaban J connectivity index is 2.21. The monoisotopic (exact) mass is 264 g/mol. The van der Waals surface area contributed by atoms with Crippen molar-refractivity contribution in [3.8, 4) is 11.5 Å². The van der Waals surface area contributed by atoms with E-state index in [1.807, 2.05) is 18.2 Å². The number of unbranched alkanes of at least 4 members (excludes halogenated alkanes) is 2. The standard InChI is InChI=1S/C16H24O3/c1-3-5-9-16(17,10-6-4-2)13-7-8-14-15(11-13)19-12-18-14/h7-8,11,17H,3-6,9-10,12H2,1-2H3. The Kier molecular flexibility index (Phi) is 4.70. The third-order valence-electron chi connectivity index (χ3n) is 3.80. The fourth-order valence-corrected chi connectivity index (χ4v) is 2.54. The van der Waals surface area contributed by atoms with Crippen LogP contribution in [0.15, 0.2) is 18.2 Å². The molecule has 0 radical (unpaired) electrons. The second-order valence-electron chi connectivity index (χ2n) is 5.31. The molecule has 0 unspecified atom stereocenters. The Morgan fingerprint density at radius 3 is 2.32 bits per heavy atom. The van der Waals surface area contributed by atoms with Crippen LogP contribution >= 0.6 is 0 Å². The molecule has 0 bridgehead atoms. The number of benzene rings is 1. The fraction of sp³-hybridized carbons (Fsp3) is 0.625. The van der Waals surface area contributed by atoms with Crippen molar-refractivity contribution in [3.63, 3.8) is 0 Å². The maximum atomic E-state index is 11.0. The molecule has 0 aromatic heterocycles. The van der Waals surface area contributed by atoms with Gasteiger partial charge in [0.15, 0.2) is 11.5 Å². The summed E-state index contributed by atoms with van der Waals surface area (Å²) in [7, 11) is 0. The Bertz CT molecular complexity index is 406. The molecule has 1 aromatic carbocycles. The quantitative estimate of drug-likeness (QED) is 0.809. The van der Waals surface area contributed by atoms with E-state index in [4.69, 9.17) is 9.47 Å². The van der Waals surface area contributed by atoms with Crippen molar-refractivity contribution >= 4 is 0 Å². The first-order chi connectivity index (χ1) is 9.19. The average Bonchev–Trinajstić information content (AvgIpc) is 2.90. The van der Waals surface area contributed by atoms with Crippen LogP contribution < -0.4 is 9.47 Å². The van der Waals surface area contributed by atoms with Crippen LogP contribution in [0.2, 0.25) is 0 Å². The van der Waals surface area contributed by atoms with E-state index in [9.17, 15) is 5.11 Å². The molecule has 0 aliphatic carbocycles. The fourth-order valence-electron chi connectivity index (χ4n) is 2.54. The van der Waals surface area contributed by atoms with Crippen LogP contribution in [0.25, 0.3) is 0 Å². The minimum atomic E-state index is -0.729. The van der Waals surface area contributed by atoms with Gasteiger partial charge in [0, 0.05) is 0 Å². The molecule has 1 aromatic rings. The highest BCUT2D eigenvalue weighted by molar-refractivity contribution is 5.46. The molecule has 1 aliphatic rings. The first-order valence-electron chi connectivity index (χ1n) is 7.32. The zero-order chi connectivity index (χ0) is 13.7. The lowest BCUT2D eigenvalue weighted by Crippen LogP contribution is -2.25. The van der Waals surface area contributed by atoms with Crippen LogP contribution in [0, 0.1) is 0 Å². The summed E-state index contributed by atoms with van der Waals surface area (Å²) in [4.78, 5) is 0. The molecule has 0 saturated heterocycles.